The third-order valence-electron chi connectivity index (χ3n) is 2.70. The topological polar surface area (TPSA) is 66.5 Å². The summed E-state index contributed by atoms with van der Waals surface area (Å²) in [7, 11) is 0. The molecule has 0 unspecified atom stereocenters. The van der Waals surface area contributed by atoms with Crippen LogP contribution in [0.4, 0.5) is 0 Å². The van der Waals surface area contributed by atoms with Crippen molar-refractivity contribution in [1.29, 1.82) is 5.26 Å². The molecular formula is C14H17N5. The fourth-order valence-electron chi connectivity index (χ4n) is 1.81. The minimum atomic E-state index is 0.185. The predicted octanol–water partition coefficient (Wildman–Crippen LogP) is 1.88. The molecule has 0 aliphatic rings. The van der Waals surface area contributed by atoms with Crippen molar-refractivity contribution in [2.75, 3.05) is 6.54 Å². The van der Waals surface area contributed by atoms with Gasteiger partial charge in [-0.3, -0.25) is 0 Å². The lowest BCUT2D eigenvalue weighted by Crippen LogP contribution is -2.20. The number of hydrogen-bond donors (Lipinski definition) is 1. The van der Waals surface area contributed by atoms with Crippen molar-refractivity contribution in [2.45, 2.75) is 20.4 Å². The first-order valence-corrected chi connectivity index (χ1v) is 6.31. The van der Waals surface area contributed by atoms with Crippen LogP contribution in [0.25, 0.3) is 5.69 Å². The Kier molecular flexibility index (Phi) is 4.26. The lowest BCUT2D eigenvalue weighted by molar-refractivity contribution is 0.551. The first kappa shape index (κ1) is 13.2. The molecule has 1 aromatic heterocycles. The number of benzene rings is 1. The second-order valence-corrected chi connectivity index (χ2v) is 4.78. The standard InChI is InChI=1S/C14H17N5/c1-11(2)8-16-9-12-5-3-4-6-13(12)19-10-17-14(7-15)18-19/h3-6,10-11,16H,8-9H2,1-2H3. The number of nitrogens with zero attached hydrogens (tertiary/aromatic N) is 4. The molecule has 0 aliphatic carbocycles. The predicted molar refractivity (Wildman–Crippen MR) is 72.6 cm³/mol. The summed E-state index contributed by atoms with van der Waals surface area (Å²) in [5.74, 6) is 0.800. The molecule has 1 heterocycles. The summed E-state index contributed by atoms with van der Waals surface area (Å²) in [6.07, 6.45) is 1.57. The van der Waals surface area contributed by atoms with Crippen molar-refractivity contribution >= 4 is 0 Å². The molecule has 0 saturated carbocycles. The summed E-state index contributed by atoms with van der Waals surface area (Å²) in [6, 6.07) is 9.91. The Balaban J connectivity index is 2.18. The fourth-order valence-corrected chi connectivity index (χ4v) is 1.81. The van der Waals surface area contributed by atoms with Gasteiger partial charge in [-0.2, -0.15) is 5.26 Å². The summed E-state index contributed by atoms with van der Waals surface area (Å²) in [5, 5.41) is 16.3. The summed E-state index contributed by atoms with van der Waals surface area (Å²) in [4.78, 5) is 3.93. The van der Waals surface area contributed by atoms with Crippen LogP contribution >= 0.6 is 0 Å². The van der Waals surface area contributed by atoms with E-state index in [1.165, 1.54) is 0 Å². The molecule has 1 aromatic carbocycles. The number of hydrogen-bond acceptors (Lipinski definition) is 4. The molecule has 0 aliphatic heterocycles. The van der Waals surface area contributed by atoms with Gasteiger partial charge in [0.1, 0.15) is 12.4 Å². The molecule has 1 N–H and O–H groups in total. The van der Waals surface area contributed by atoms with Crippen LogP contribution in [0.5, 0.6) is 0 Å². The third-order valence-corrected chi connectivity index (χ3v) is 2.70. The Morgan fingerprint density at radius 2 is 2.16 bits per heavy atom. The summed E-state index contributed by atoms with van der Waals surface area (Å²) >= 11 is 0. The van der Waals surface area contributed by atoms with Crippen molar-refractivity contribution < 1.29 is 0 Å². The van der Waals surface area contributed by atoms with Gasteiger partial charge in [-0.25, -0.2) is 9.67 Å². The zero-order valence-electron chi connectivity index (χ0n) is 11.2. The molecule has 2 aromatic rings. The van der Waals surface area contributed by atoms with E-state index in [1.807, 2.05) is 24.3 Å². The quantitative estimate of drug-likeness (QED) is 0.886. The van der Waals surface area contributed by atoms with Gasteiger partial charge in [-0.1, -0.05) is 32.0 Å². The first-order chi connectivity index (χ1) is 9.20. The third kappa shape index (κ3) is 3.39. The zero-order valence-corrected chi connectivity index (χ0v) is 11.2. The van der Waals surface area contributed by atoms with Crippen LogP contribution in [0, 0.1) is 17.2 Å². The Morgan fingerprint density at radius 3 is 2.84 bits per heavy atom. The number of rotatable bonds is 5. The van der Waals surface area contributed by atoms with E-state index < -0.39 is 0 Å². The molecule has 19 heavy (non-hydrogen) atoms. The minimum Gasteiger partial charge on any atom is -0.312 e. The van der Waals surface area contributed by atoms with Gasteiger partial charge in [0.15, 0.2) is 0 Å². The lowest BCUT2D eigenvalue weighted by atomic mass is 10.1. The largest absolute Gasteiger partial charge is 0.312 e. The maximum absolute atomic E-state index is 8.77. The Labute approximate surface area is 112 Å². The van der Waals surface area contributed by atoms with E-state index in [4.69, 9.17) is 5.26 Å². The second kappa shape index (κ2) is 6.12. The highest BCUT2D eigenvalue weighted by atomic mass is 15.3. The number of para-hydroxylation sites is 1. The number of nitriles is 1. The molecule has 0 bridgehead atoms. The molecule has 0 saturated heterocycles. The van der Waals surface area contributed by atoms with Gasteiger partial charge in [-0.15, -0.1) is 5.10 Å². The van der Waals surface area contributed by atoms with Crippen molar-refractivity contribution in [3.63, 3.8) is 0 Å². The molecule has 0 fully saturated rings. The Bertz CT molecular complexity index is 580. The molecule has 5 nitrogen and oxygen atoms in total. The van der Waals surface area contributed by atoms with E-state index in [1.54, 1.807) is 11.0 Å². The number of aromatic nitrogens is 3. The van der Waals surface area contributed by atoms with E-state index in [9.17, 15) is 0 Å². The summed E-state index contributed by atoms with van der Waals surface area (Å²) in [5.41, 5.74) is 2.09. The minimum absolute atomic E-state index is 0.185. The van der Waals surface area contributed by atoms with Crippen molar-refractivity contribution in [1.82, 2.24) is 20.1 Å². The van der Waals surface area contributed by atoms with Crippen LogP contribution in [-0.4, -0.2) is 21.3 Å². The van der Waals surface area contributed by atoms with E-state index in [0.717, 1.165) is 24.3 Å². The summed E-state index contributed by atoms with van der Waals surface area (Å²) in [6.45, 7) is 6.09. The summed E-state index contributed by atoms with van der Waals surface area (Å²) < 4.78 is 1.64. The van der Waals surface area contributed by atoms with Gasteiger partial charge in [0.25, 0.3) is 5.82 Å². The molecule has 0 atom stereocenters. The fraction of sp³-hybridized carbons (Fsp3) is 0.357. The van der Waals surface area contributed by atoms with Crippen LogP contribution in [0.2, 0.25) is 0 Å². The Hall–Kier alpha value is -2.19. The van der Waals surface area contributed by atoms with Gasteiger partial charge in [0.05, 0.1) is 5.69 Å². The maximum Gasteiger partial charge on any atom is 0.252 e. The smallest absolute Gasteiger partial charge is 0.252 e. The van der Waals surface area contributed by atoms with Crippen molar-refractivity contribution in [3.05, 3.63) is 42.0 Å². The molecule has 2 rings (SSSR count). The van der Waals surface area contributed by atoms with Crippen molar-refractivity contribution in [3.8, 4) is 11.8 Å². The highest BCUT2D eigenvalue weighted by molar-refractivity contribution is 5.40. The van der Waals surface area contributed by atoms with Gasteiger partial charge in [-0.05, 0) is 24.1 Å². The molecule has 0 spiro atoms. The molecule has 5 heteroatoms. The highest BCUT2D eigenvalue weighted by Crippen LogP contribution is 2.13. The Morgan fingerprint density at radius 1 is 1.37 bits per heavy atom. The average Bonchev–Trinajstić information content (AvgIpc) is 2.87. The second-order valence-electron chi connectivity index (χ2n) is 4.78. The van der Waals surface area contributed by atoms with Gasteiger partial charge >= 0.3 is 0 Å². The van der Waals surface area contributed by atoms with Gasteiger partial charge < -0.3 is 5.32 Å². The molecular weight excluding hydrogens is 238 g/mol. The maximum atomic E-state index is 8.77. The zero-order chi connectivity index (χ0) is 13.7. The van der Waals surface area contributed by atoms with E-state index in [2.05, 4.69) is 35.3 Å². The SMILES string of the molecule is CC(C)CNCc1ccccc1-n1cnc(C#N)n1. The molecule has 98 valence electrons. The van der Waals surface area contributed by atoms with Crippen LogP contribution < -0.4 is 5.32 Å². The first-order valence-electron chi connectivity index (χ1n) is 6.31. The van der Waals surface area contributed by atoms with E-state index in [-0.39, 0.29) is 5.82 Å². The van der Waals surface area contributed by atoms with Crippen molar-refractivity contribution in [2.24, 2.45) is 5.92 Å². The highest BCUT2D eigenvalue weighted by Gasteiger charge is 2.06. The van der Waals surface area contributed by atoms with E-state index in [0.29, 0.717) is 5.92 Å². The van der Waals surface area contributed by atoms with Gasteiger partial charge in [0.2, 0.25) is 0 Å². The van der Waals surface area contributed by atoms with Crippen LogP contribution in [-0.2, 0) is 6.54 Å². The van der Waals surface area contributed by atoms with Crippen LogP contribution in [0.3, 0.4) is 0 Å². The lowest BCUT2D eigenvalue weighted by Gasteiger charge is -2.11. The van der Waals surface area contributed by atoms with Gasteiger partial charge in [0, 0.05) is 6.54 Å². The number of nitrogens with one attached hydrogen (secondary N) is 1. The molecule has 0 amide bonds. The van der Waals surface area contributed by atoms with E-state index >= 15 is 0 Å². The normalized spacial score (nSPS) is 10.6. The monoisotopic (exact) mass is 255 g/mol. The van der Waals surface area contributed by atoms with Crippen LogP contribution in [0.1, 0.15) is 25.2 Å². The molecule has 0 radical (unpaired) electrons. The van der Waals surface area contributed by atoms with Crippen LogP contribution in [0.15, 0.2) is 30.6 Å². The average molecular weight is 255 g/mol.